The van der Waals surface area contributed by atoms with Crippen molar-refractivity contribution < 1.29 is 17.5 Å². The molecule has 0 aliphatic rings. The predicted octanol–water partition coefficient (Wildman–Crippen LogP) is 2.54. The Morgan fingerprint density at radius 2 is 1.91 bits per heavy atom. The first-order valence-corrected chi connectivity index (χ1v) is 7.44. The van der Waals surface area contributed by atoms with E-state index >= 15 is 0 Å². The van der Waals surface area contributed by atoms with Gasteiger partial charge in [0.1, 0.15) is 11.0 Å². The molecular weight excluding hydrogens is 308 g/mol. The van der Waals surface area contributed by atoms with Gasteiger partial charge in [0.2, 0.25) is 0 Å². The number of nitrogens with zero attached hydrogens (tertiary/aromatic N) is 2. The maximum atomic E-state index is 12.3. The highest BCUT2D eigenvalue weighted by atomic mass is 32.2. The van der Waals surface area contributed by atoms with Gasteiger partial charge in [-0.25, -0.2) is 0 Å². The minimum Gasteiger partial charge on any atom is -0.378 e. The molecule has 0 heterocycles. The lowest BCUT2D eigenvalue weighted by molar-refractivity contribution is -0.385. The summed E-state index contributed by atoms with van der Waals surface area (Å²) in [5.41, 5.74) is 0.0446. The summed E-state index contributed by atoms with van der Waals surface area (Å²) in [6, 6.07) is 11.1. The first-order valence-electron chi connectivity index (χ1n) is 6.04. The topological polar surface area (TPSA) is 110 Å². The highest BCUT2D eigenvalue weighted by molar-refractivity contribution is 7.87. The molecule has 0 N–H and O–H groups in total. The van der Waals surface area contributed by atoms with Crippen LogP contribution >= 0.6 is 0 Å². The van der Waals surface area contributed by atoms with Gasteiger partial charge < -0.3 is 4.18 Å². The van der Waals surface area contributed by atoms with E-state index in [0.29, 0.717) is 0 Å². The molecule has 0 aliphatic carbocycles. The van der Waals surface area contributed by atoms with Crippen molar-refractivity contribution in [1.29, 1.82) is 5.26 Å². The molecule has 7 nitrogen and oxygen atoms in total. The van der Waals surface area contributed by atoms with Crippen molar-refractivity contribution in [3.05, 3.63) is 63.7 Å². The Morgan fingerprint density at radius 3 is 2.50 bits per heavy atom. The number of rotatable bonds is 4. The van der Waals surface area contributed by atoms with Crippen LogP contribution in [0.2, 0.25) is 0 Å². The number of hydrogen-bond acceptors (Lipinski definition) is 6. The number of benzene rings is 2. The largest absolute Gasteiger partial charge is 0.378 e. The maximum absolute atomic E-state index is 12.3. The summed E-state index contributed by atoms with van der Waals surface area (Å²) in [5.74, 6) is -0.0947. The van der Waals surface area contributed by atoms with E-state index in [1.54, 1.807) is 6.07 Å². The molecule has 0 unspecified atom stereocenters. The van der Waals surface area contributed by atoms with Gasteiger partial charge in [-0.2, -0.15) is 13.7 Å². The quantitative estimate of drug-likeness (QED) is 0.486. The molecule has 0 atom stereocenters. The minimum absolute atomic E-state index is 0.0747. The Bertz CT molecular complexity index is 884. The molecule has 0 amide bonds. The van der Waals surface area contributed by atoms with E-state index in [2.05, 4.69) is 0 Å². The number of nitro groups is 1. The molecule has 0 fully saturated rings. The van der Waals surface area contributed by atoms with Crippen molar-refractivity contribution in [2.24, 2.45) is 0 Å². The molecule has 112 valence electrons. The van der Waals surface area contributed by atoms with Gasteiger partial charge in [0, 0.05) is 12.1 Å². The highest BCUT2D eigenvalue weighted by Gasteiger charge is 2.22. The van der Waals surface area contributed by atoms with Crippen molar-refractivity contribution in [2.75, 3.05) is 0 Å². The second kappa shape index (κ2) is 5.83. The Balaban J connectivity index is 2.44. The average molecular weight is 318 g/mol. The zero-order valence-corrected chi connectivity index (χ0v) is 12.2. The fraction of sp³-hybridized carbons (Fsp3) is 0.0714. The number of non-ortho nitro benzene ring substituents is 1. The van der Waals surface area contributed by atoms with Gasteiger partial charge in [0.15, 0.2) is 5.75 Å². The Labute approximate surface area is 126 Å². The Morgan fingerprint density at radius 1 is 1.23 bits per heavy atom. The fourth-order valence-corrected chi connectivity index (χ4v) is 2.98. The van der Waals surface area contributed by atoms with Crippen LogP contribution in [0, 0.1) is 28.4 Å². The predicted molar refractivity (Wildman–Crippen MR) is 76.8 cm³/mol. The van der Waals surface area contributed by atoms with E-state index < -0.39 is 15.0 Å². The lowest BCUT2D eigenvalue weighted by atomic mass is 10.2. The van der Waals surface area contributed by atoms with Crippen molar-refractivity contribution in [2.45, 2.75) is 11.8 Å². The zero-order valence-electron chi connectivity index (χ0n) is 11.4. The molecule has 0 spiro atoms. The van der Waals surface area contributed by atoms with Crippen LogP contribution < -0.4 is 4.18 Å². The normalized spacial score (nSPS) is 10.7. The molecule has 2 rings (SSSR count). The summed E-state index contributed by atoms with van der Waals surface area (Å²) in [6.07, 6.45) is 0. The number of para-hydroxylation sites is 1. The lowest BCUT2D eigenvalue weighted by Gasteiger charge is -2.10. The number of nitriles is 1. The number of nitro benzene ring substituents is 1. The van der Waals surface area contributed by atoms with Crippen LogP contribution in [0.5, 0.6) is 5.75 Å². The van der Waals surface area contributed by atoms with E-state index in [1.807, 2.05) is 6.07 Å². The van der Waals surface area contributed by atoms with E-state index in [0.717, 1.165) is 18.2 Å². The zero-order chi connectivity index (χ0) is 16.3. The molecular formula is C14H10N2O5S. The average Bonchev–Trinajstić information content (AvgIpc) is 2.46. The standard InChI is InChI=1S/C14H10N2O5S/c1-10-8-12(16(17)18)6-7-14(10)22(19,20)21-13-5-3-2-4-11(13)9-15/h2-8H,1H3. The van der Waals surface area contributed by atoms with Crippen molar-refractivity contribution >= 4 is 15.8 Å². The molecule has 0 radical (unpaired) electrons. The first-order chi connectivity index (χ1) is 10.3. The first kappa shape index (κ1) is 15.5. The van der Waals surface area contributed by atoms with Crippen molar-refractivity contribution in [3.63, 3.8) is 0 Å². The Hall–Kier alpha value is -2.92. The van der Waals surface area contributed by atoms with Crippen molar-refractivity contribution in [1.82, 2.24) is 0 Å². The van der Waals surface area contributed by atoms with Crippen LogP contribution in [0.3, 0.4) is 0 Å². The molecule has 8 heteroatoms. The summed E-state index contributed by atoms with van der Waals surface area (Å²) in [5, 5.41) is 19.6. The van der Waals surface area contributed by atoms with E-state index in [9.17, 15) is 18.5 Å². The van der Waals surface area contributed by atoms with Crippen LogP contribution in [-0.2, 0) is 10.1 Å². The summed E-state index contributed by atoms with van der Waals surface area (Å²) in [7, 11) is -4.19. The monoisotopic (exact) mass is 318 g/mol. The second-order valence-corrected chi connectivity index (χ2v) is 5.87. The molecule has 22 heavy (non-hydrogen) atoms. The maximum Gasteiger partial charge on any atom is 0.339 e. The van der Waals surface area contributed by atoms with Crippen LogP contribution in [-0.4, -0.2) is 13.3 Å². The van der Waals surface area contributed by atoms with E-state index in [-0.39, 0.29) is 27.5 Å². The summed E-state index contributed by atoms with van der Waals surface area (Å²) < 4.78 is 29.5. The van der Waals surface area contributed by atoms with Crippen LogP contribution in [0.4, 0.5) is 5.69 Å². The minimum atomic E-state index is -4.19. The van der Waals surface area contributed by atoms with Gasteiger partial charge in [0.05, 0.1) is 10.5 Å². The molecule has 0 bridgehead atoms. The van der Waals surface area contributed by atoms with Gasteiger partial charge in [0.25, 0.3) is 5.69 Å². The molecule has 0 aromatic heterocycles. The SMILES string of the molecule is Cc1cc([N+](=O)[O-])ccc1S(=O)(=O)Oc1ccccc1C#N. The lowest BCUT2D eigenvalue weighted by Crippen LogP contribution is -2.12. The summed E-state index contributed by atoms with van der Waals surface area (Å²) in [6.45, 7) is 1.43. The highest BCUT2D eigenvalue weighted by Crippen LogP contribution is 2.26. The molecule has 2 aromatic carbocycles. The van der Waals surface area contributed by atoms with Crippen LogP contribution in [0.1, 0.15) is 11.1 Å². The van der Waals surface area contributed by atoms with Gasteiger partial charge in [-0.15, -0.1) is 0 Å². The Kier molecular flexibility index (Phi) is 4.10. The van der Waals surface area contributed by atoms with Crippen LogP contribution in [0.25, 0.3) is 0 Å². The van der Waals surface area contributed by atoms with Gasteiger partial charge in [-0.1, -0.05) is 12.1 Å². The summed E-state index contributed by atoms with van der Waals surface area (Å²) >= 11 is 0. The van der Waals surface area contributed by atoms with E-state index in [1.165, 1.54) is 25.1 Å². The molecule has 2 aromatic rings. The van der Waals surface area contributed by atoms with Gasteiger partial charge >= 0.3 is 10.1 Å². The third-order valence-electron chi connectivity index (χ3n) is 2.85. The van der Waals surface area contributed by atoms with E-state index in [4.69, 9.17) is 9.44 Å². The molecule has 0 aliphatic heterocycles. The molecule has 0 saturated carbocycles. The summed E-state index contributed by atoms with van der Waals surface area (Å²) in [4.78, 5) is 9.87. The van der Waals surface area contributed by atoms with Crippen LogP contribution in [0.15, 0.2) is 47.4 Å². The number of hydrogen-bond donors (Lipinski definition) is 0. The second-order valence-electron chi connectivity index (χ2n) is 4.35. The smallest absolute Gasteiger partial charge is 0.339 e. The van der Waals surface area contributed by atoms with Crippen molar-refractivity contribution in [3.8, 4) is 11.8 Å². The number of aryl methyl sites for hydroxylation is 1. The molecule has 0 saturated heterocycles. The third-order valence-corrected chi connectivity index (χ3v) is 4.24. The fourth-order valence-electron chi connectivity index (χ4n) is 1.82. The van der Waals surface area contributed by atoms with Gasteiger partial charge in [-0.05, 0) is 30.7 Å². The third kappa shape index (κ3) is 3.05. The van der Waals surface area contributed by atoms with Gasteiger partial charge in [-0.3, -0.25) is 10.1 Å².